The fourth-order valence-electron chi connectivity index (χ4n) is 3.32. The number of hydrogen-bond acceptors (Lipinski definition) is 1. The fourth-order valence-corrected chi connectivity index (χ4v) is 3.32. The Morgan fingerprint density at radius 1 is 0.824 bits per heavy atom. The molecular formula is C16H33N. The van der Waals surface area contributed by atoms with Gasteiger partial charge in [-0.25, -0.2) is 0 Å². The molecule has 1 aliphatic heterocycles. The molecule has 0 saturated carbocycles. The van der Waals surface area contributed by atoms with Gasteiger partial charge >= 0.3 is 0 Å². The molecule has 0 radical (unpaired) electrons. The van der Waals surface area contributed by atoms with Gasteiger partial charge in [0.25, 0.3) is 0 Å². The van der Waals surface area contributed by atoms with Gasteiger partial charge in [0.2, 0.25) is 0 Å². The Bertz CT molecular complexity index is 170. The Balaban J connectivity index is 2.03. The highest BCUT2D eigenvalue weighted by Crippen LogP contribution is 2.30. The van der Waals surface area contributed by atoms with E-state index >= 15 is 0 Å². The molecule has 0 amide bonds. The predicted molar refractivity (Wildman–Crippen MR) is 77.5 cm³/mol. The average molecular weight is 239 g/mol. The number of rotatable bonds is 10. The topological polar surface area (TPSA) is 12.0 Å². The lowest BCUT2D eigenvalue weighted by Crippen LogP contribution is -2.39. The minimum absolute atomic E-state index is 0.540. The average Bonchev–Trinajstić information content (AvgIpc) is 2.77. The van der Waals surface area contributed by atoms with E-state index in [4.69, 9.17) is 0 Å². The van der Waals surface area contributed by atoms with E-state index in [1.54, 1.807) is 0 Å². The molecule has 1 unspecified atom stereocenters. The summed E-state index contributed by atoms with van der Waals surface area (Å²) < 4.78 is 0. The van der Waals surface area contributed by atoms with E-state index in [9.17, 15) is 0 Å². The summed E-state index contributed by atoms with van der Waals surface area (Å²) in [5, 5.41) is 3.78. The van der Waals surface area contributed by atoms with E-state index in [0.29, 0.717) is 5.54 Å². The van der Waals surface area contributed by atoms with Crippen LogP contribution in [-0.2, 0) is 0 Å². The molecule has 1 aliphatic rings. The molecule has 1 heteroatoms. The van der Waals surface area contributed by atoms with Gasteiger partial charge in [-0.15, -0.1) is 0 Å². The van der Waals surface area contributed by atoms with Crippen molar-refractivity contribution in [1.82, 2.24) is 5.32 Å². The third kappa shape index (κ3) is 5.90. The van der Waals surface area contributed by atoms with Gasteiger partial charge in [0.15, 0.2) is 0 Å². The molecule has 1 N–H and O–H groups in total. The Kier molecular flexibility index (Phi) is 7.92. The van der Waals surface area contributed by atoms with Crippen molar-refractivity contribution in [3.05, 3.63) is 0 Å². The van der Waals surface area contributed by atoms with Crippen LogP contribution in [0.15, 0.2) is 0 Å². The van der Waals surface area contributed by atoms with Crippen molar-refractivity contribution in [1.29, 1.82) is 0 Å². The van der Waals surface area contributed by atoms with Crippen LogP contribution < -0.4 is 5.32 Å². The summed E-state index contributed by atoms with van der Waals surface area (Å²) in [7, 11) is 0. The van der Waals surface area contributed by atoms with Crippen LogP contribution in [-0.4, -0.2) is 12.1 Å². The monoisotopic (exact) mass is 239 g/mol. The molecule has 0 aromatic carbocycles. The van der Waals surface area contributed by atoms with E-state index in [-0.39, 0.29) is 0 Å². The molecule has 102 valence electrons. The first kappa shape index (κ1) is 15.0. The molecule has 0 aromatic heterocycles. The molecule has 1 fully saturated rings. The van der Waals surface area contributed by atoms with Crippen LogP contribution in [0.4, 0.5) is 0 Å². The molecule has 0 aliphatic carbocycles. The maximum atomic E-state index is 3.78. The van der Waals surface area contributed by atoms with Crippen molar-refractivity contribution in [3.8, 4) is 0 Å². The molecule has 0 bridgehead atoms. The first-order valence-electron chi connectivity index (χ1n) is 8.08. The molecule has 1 rings (SSSR count). The summed E-state index contributed by atoms with van der Waals surface area (Å²) in [6.07, 6.45) is 17.0. The Morgan fingerprint density at radius 3 is 2.12 bits per heavy atom. The number of nitrogens with one attached hydrogen (secondary N) is 1. The maximum Gasteiger partial charge on any atom is 0.0181 e. The molecular weight excluding hydrogens is 206 g/mol. The van der Waals surface area contributed by atoms with E-state index in [1.807, 2.05) is 0 Å². The zero-order valence-corrected chi connectivity index (χ0v) is 12.2. The van der Waals surface area contributed by atoms with Crippen LogP contribution in [0.25, 0.3) is 0 Å². The minimum atomic E-state index is 0.540. The molecule has 1 atom stereocenters. The van der Waals surface area contributed by atoms with Crippen molar-refractivity contribution < 1.29 is 0 Å². The van der Waals surface area contributed by atoms with E-state index in [1.165, 1.54) is 83.6 Å². The second kappa shape index (κ2) is 8.97. The fraction of sp³-hybridized carbons (Fsp3) is 1.00. The molecule has 1 nitrogen and oxygen atoms in total. The van der Waals surface area contributed by atoms with Gasteiger partial charge in [-0.3, -0.25) is 0 Å². The third-order valence-electron chi connectivity index (χ3n) is 4.32. The Morgan fingerprint density at radius 2 is 1.53 bits per heavy atom. The lowest BCUT2D eigenvalue weighted by Gasteiger charge is -2.29. The van der Waals surface area contributed by atoms with E-state index in [2.05, 4.69) is 19.2 Å². The summed E-state index contributed by atoms with van der Waals surface area (Å²) in [4.78, 5) is 0. The quantitative estimate of drug-likeness (QED) is 0.526. The lowest BCUT2D eigenvalue weighted by atomic mass is 9.86. The standard InChI is InChI=1S/C16H33N/c1-3-5-6-7-8-9-10-13-16(12-4-2)14-11-15-17-16/h17H,3-15H2,1-2H3. The second-order valence-electron chi connectivity index (χ2n) is 5.93. The van der Waals surface area contributed by atoms with Gasteiger partial charge in [0, 0.05) is 5.54 Å². The first-order chi connectivity index (χ1) is 8.33. The maximum absolute atomic E-state index is 3.78. The largest absolute Gasteiger partial charge is 0.311 e. The molecule has 0 aromatic rings. The van der Waals surface area contributed by atoms with E-state index < -0.39 is 0 Å². The molecule has 17 heavy (non-hydrogen) atoms. The summed E-state index contributed by atoms with van der Waals surface area (Å²) >= 11 is 0. The summed E-state index contributed by atoms with van der Waals surface area (Å²) in [6.45, 7) is 5.88. The Labute approximate surface area is 109 Å². The zero-order valence-electron chi connectivity index (χ0n) is 12.2. The van der Waals surface area contributed by atoms with Crippen LogP contribution in [0.2, 0.25) is 0 Å². The summed E-state index contributed by atoms with van der Waals surface area (Å²) in [6, 6.07) is 0. The van der Waals surface area contributed by atoms with Crippen molar-refractivity contribution >= 4 is 0 Å². The van der Waals surface area contributed by atoms with Gasteiger partial charge in [0.1, 0.15) is 0 Å². The smallest absolute Gasteiger partial charge is 0.0181 e. The predicted octanol–water partition coefficient (Wildman–Crippen LogP) is 5.05. The lowest BCUT2D eigenvalue weighted by molar-refractivity contribution is 0.307. The summed E-state index contributed by atoms with van der Waals surface area (Å²) in [5.74, 6) is 0. The highest BCUT2D eigenvalue weighted by Gasteiger charge is 2.31. The van der Waals surface area contributed by atoms with Crippen molar-refractivity contribution in [2.75, 3.05) is 6.54 Å². The van der Waals surface area contributed by atoms with Gasteiger partial charge in [-0.05, 0) is 32.2 Å². The van der Waals surface area contributed by atoms with Crippen molar-refractivity contribution in [2.45, 2.75) is 96.4 Å². The van der Waals surface area contributed by atoms with Gasteiger partial charge in [-0.1, -0.05) is 65.2 Å². The normalized spacial score (nSPS) is 24.4. The van der Waals surface area contributed by atoms with E-state index in [0.717, 1.165) is 0 Å². The minimum Gasteiger partial charge on any atom is -0.311 e. The van der Waals surface area contributed by atoms with Crippen LogP contribution in [0, 0.1) is 0 Å². The zero-order chi connectivity index (χ0) is 12.4. The van der Waals surface area contributed by atoms with Crippen LogP contribution in [0.3, 0.4) is 0 Å². The van der Waals surface area contributed by atoms with Crippen molar-refractivity contribution in [2.24, 2.45) is 0 Å². The highest BCUT2D eigenvalue weighted by atomic mass is 15.0. The second-order valence-corrected chi connectivity index (χ2v) is 5.93. The first-order valence-corrected chi connectivity index (χ1v) is 8.08. The molecule has 0 spiro atoms. The van der Waals surface area contributed by atoms with Gasteiger partial charge in [-0.2, -0.15) is 0 Å². The number of unbranched alkanes of at least 4 members (excludes halogenated alkanes) is 6. The third-order valence-corrected chi connectivity index (χ3v) is 4.32. The van der Waals surface area contributed by atoms with Gasteiger partial charge < -0.3 is 5.32 Å². The SMILES string of the molecule is CCCCCCCCCC1(CCC)CCCN1. The van der Waals surface area contributed by atoms with Crippen molar-refractivity contribution in [3.63, 3.8) is 0 Å². The van der Waals surface area contributed by atoms with Crippen LogP contribution in [0.1, 0.15) is 90.9 Å². The van der Waals surface area contributed by atoms with Gasteiger partial charge in [0.05, 0.1) is 0 Å². The highest BCUT2D eigenvalue weighted by molar-refractivity contribution is 4.92. The Hall–Kier alpha value is -0.0400. The number of hydrogen-bond donors (Lipinski definition) is 1. The van der Waals surface area contributed by atoms with Crippen LogP contribution >= 0.6 is 0 Å². The molecule has 1 heterocycles. The van der Waals surface area contributed by atoms with Crippen LogP contribution in [0.5, 0.6) is 0 Å². The summed E-state index contributed by atoms with van der Waals surface area (Å²) in [5.41, 5.74) is 0.540. The molecule has 1 saturated heterocycles.